The first-order valence-electron chi connectivity index (χ1n) is 15.9. The van der Waals surface area contributed by atoms with E-state index >= 15 is 0 Å². The van der Waals surface area contributed by atoms with Crippen LogP contribution in [0, 0.1) is 0 Å². The lowest BCUT2D eigenvalue weighted by Crippen LogP contribution is -2.27. The Morgan fingerprint density at radius 2 is 1.02 bits per heavy atom. The second-order valence-electron chi connectivity index (χ2n) is 10.3. The molecular weight excluding hydrogens is 550 g/mol. The molecule has 2 aromatic carbocycles. The van der Waals surface area contributed by atoms with E-state index in [0.29, 0.717) is 92.2 Å². The van der Waals surface area contributed by atoms with Crippen LogP contribution >= 0.6 is 0 Å². The van der Waals surface area contributed by atoms with E-state index in [2.05, 4.69) is 36.5 Å². The van der Waals surface area contributed by atoms with Crippen molar-refractivity contribution in [2.75, 3.05) is 92.4 Å². The summed E-state index contributed by atoms with van der Waals surface area (Å²) in [5.41, 5.74) is 4.84. The lowest BCUT2D eigenvalue weighted by Gasteiger charge is -2.14. The number of amides is 1. The summed E-state index contributed by atoms with van der Waals surface area (Å²) in [5, 5.41) is 2.81. The van der Waals surface area contributed by atoms with Crippen LogP contribution in [0.3, 0.4) is 0 Å². The molecule has 0 atom stereocenters. The van der Waals surface area contributed by atoms with Crippen LogP contribution in [0.1, 0.15) is 56.1 Å². The van der Waals surface area contributed by atoms with Crippen LogP contribution in [0.2, 0.25) is 0 Å². The fourth-order valence-corrected chi connectivity index (χ4v) is 4.85. The maximum absolute atomic E-state index is 12.2. The minimum Gasteiger partial charge on any atom is -0.449 e. The number of benzene rings is 2. The molecule has 240 valence electrons. The molecule has 0 radical (unpaired) electrons. The van der Waals surface area contributed by atoms with Crippen molar-refractivity contribution in [3.8, 4) is 11.1 Å². The fraction of sp³-hybridized carbons (Fsp3) is 0.618. The number of rotatable bonds is 26. The van der Waals surface area contributed by atoms with Gasteiger partial charge in [0.05, 0.1) is 66.1 Å². The molecule has 1 aliphatic carbocycles. The SMILES string of the molecule is CCCCCCOCCOCCOCCOCCOCCOCCCNC(=O)OCC1c2ccccc2-c2ccccc21. The van der Waals surface area contributed by atoms with Gasteiger partial charge in [-0.3, -0.25) is 0 Å². The molecule has 0 fully saturated rings. The standard InChI is InChI=1S/C34H51NO8/c1-2-3-4-9-16-37-18-20-39-22-24-41-26-27-42-25-23-40-21-19-38-17-10-15-35-34(36)43-28-33-31-13-7-5-11-29(31)30-12-6-8-14-32(30)33/h5-8,11-14,33H,2-4,9-10,15-28H2,1H3,(H,35,36). The van der Waals surface area contributed by atoms with E-state index in [1.807, 2.05) is 24.3 Å². The molecule has 0 spiro atoms. The number of fused-ring (bicyclic) bond motifs is 3. The highest BCUT2D eigenvalue weighted by molar-refractivity contribution is 5.79. The maximum Gasteiger partial charge on any atom is 0.407 e. The first-order chi connectivity index (χ1) is 21.3. The zero-order chi connectivity index (χ0) is 30.2. The van der Waals surface area contributed by atoms with E-state index in [9.17, 15) is 4.79 Å². The summed E-state index contributed by atoms with van der Waals surface area (Å²) in [7, 11) is 0. The number of ether oxygens (including phenoxy) is 7. The van der Waals surface area contributed by atoms with Crippen LogP contribution in [0.15, 0.2) is 48.5 Å². The summed E-state index contributed by atoms with van der Waals surface area (Å²) in [6, 6.07) is 16.6. The molecule has 0 saturated carbocycles. The molecular formula is C34H51NO8. The van der Waals surface area contributed by atoms with E-state index < -0.39 is 6.09 Å². The average molecular weight is 602 g/mol. The molecule has 43 heavy (non-hydrogen) atoms. The minimum absolute atomic E-state index is 0.0609. The topological polar surface area (TPSA) is 93.7 Å². The molecule has 0 aliphatic heterocycles. The first-order valence-corrected chi connectivity index (χ1v) is 15.9. The van der Waals surface area contributed by atoms with Crippen molar-refractivity contribution >= 4 is 6.09 Å². The van der Waals surface area contributed by atoms with Crippen molar-refractivity contribution in [3.05, 3.63) is 59.7 Å². The predicted octanol–water partition coefficient (Wildman–Crippen LogP) is 5.60. The third-order valence-corrected chi connectivity index (χ3v) is 7.08. The molecule has 1 amide bonds. The van der Waals surface area contributed by atoms with Gasteiger partial charge >= 0.3 is 6.09 Å². The Labute approximate surface area is 257 Å². The van der Waals surface area contributed by atoms with Crippen LogP contribution < -0.4 is 5.32 Å². The summed E-state index contributed by atoms with van der Waals surface area (Å²) in [6.07, 6.45) is 5.18. The predicted molar refractivity (Wildman–Crippen MR) is 167 cm³/mol. The molecule has 0 bridgehead atoms. The summed E-state index contributed by atoms with van der Waals surface area (Å²) in [6.45, 7) is 9.81. The van der Waals surface area contributed by atoms with Gasteiger partial charge in [0, 0.05) is 25.7 Å². The van der Waals surface area contributed by atoms with Crippen molar-refractivity contribution < 1.29 is 38.0 Å². The highest BCUT2D eigenvalue weighted by atomic mass is 16.6. The van der Waals surface area contributed by atoms with Gasteiger partial charge in [-0.2, -0.15) is 0 Å². The number of hydrogen-bond acceptors (Lipinski definition) is 8. The summed E-state index contributed by atoms with van der Waals surface area (Å²) < 4.78 is 38.6. The van der Waals surface area contributed by atoms with Gasteiger partial charge in [0.25, 0.3) is 0 Å². The lowest BCUT2D eigenvalue weighted by atomic mass is 9.98. The lowest BCUT2D eigenvalue weighted by molar-refractivity contribution is -0.0169. The van der Waals surface area contributed by atoms with Crippen molar-refractivity contribution in [1.82, 2.24) is 5.32 Å². The monoisotopic (exact) mass is 601 g/mol. The molecule has 0 aromatic heterocycles. The highest BCUT2D eigenvalue weighted by Crippen LogP contribution is 2.44. The minimum atomic E-state index is -0.405. The quantitative estimate of drug-likeness (QED) is 0.139. The Bertz CT molecular complexity index is 958. The Kier molecular flexibility index (Phi) is 18.6. The van der Waals surface area contributed by atoms with Gasteiger partial charge in [0.15, 0.2) is 0 Å². The summed E-state index contributed by atoms with van der Waals surface area (Å²) >= 11 is 0. The number of nitrogens with one attached hydrogen (secondary N) is 1. The maximum atomic E-state index is 12.2. The number of alkyl carbamates (subject to hydrolysis) is 1. The normalized spacial score (nSPS) is 12.3. The zero-order valence-electron chi connectivity index (χ0n) is 25.9. The zero-order valence-corrected chi connectivity index (χ0v) is 25.9. The Hall–Kier alpha value is -2.53. The van der Waals surface area contributed by atoms with Gasteiger partial charge in [-0.15, -0.1) is 0 Å². The summed E-state index contributed by atoms with van der Waals surface area (Å²) in [4.78, 5) is 12.2. The largest absolute Gasteiger partial charge is 0.449 e. The van der Waals surface area contributed by atoms with E-state index in [-0.39, 0.29) is 5.92 Å². The smallest absolute Gasteiger partial charge is 0.407 e. The van der Waals surface area contributed by atoms with Crippen LogP contribution in [-0.4, -0.2) is 98.5 Å². The number of hydrogen-bond donors (Lipinski definition) is 1. The van der Waals surface area contributed by atoms with Gasteiger partial charge < -0.3 is 38.5 Å². The van der Waals surface area contributed by atoms with Crippen molar-refractivity contribution in [3.63, 3.8) is 0 Å². The highest BCUT2D eigenvalue weighted by Gasteiger charge is 2.28. The molecule has 3 rings (SSSR count). The number of carbonyl (C=O) groups is 1. The Morgan fingerprint density at radius 1 is 0.581 bits per heavy atom. The molecule has 2 aromatic rings. The molecule has 9 heteroatoms. The number of carbonyl (C=O) groups excluding carboxylic acids is 1. The summed E-state index contributed by atoms with van der Waals surface area (Å²) in [5.74, 6) is 0.0609. The third-order valence-electron chi connectivity index (χ3n) is 7.08. The van der Waals surface area contributed by atoms with Gasteiger partial charge in [-0.05, 0) is 35.1 Å². The fourth-order valence-electron chi connectivity index (χ4n) is 4.85. The molecule has 1 N–H and O–H groups in total. The van der Waals surface area contributed by atoms with E-state index in [0.717, 1.165) is 13.0 Å². The van der Waals surface area contributed by atoms with Crippen molar-refractivity contribution in [2.45, 2.75) is 44.9 Å². The molecule has 0 unspecified atom stereocenters. The third kappa shape index (κ3) is 14.2. The van der Waals surface area contributed by atoms with Crippen LogP contribution in [0.4, 0.5) is 4.79 Å². The van der Waals surface area contributed by atoms with Crippen LogP contribution in [0.5, 0.6) is 0 Å². The second-order valence-corrected chi connectivity index (χ2v) is 10.3. The van der Waals surface area contributed by atoms with E-state index in [4.69, 9.17) is 33.2 Å². The van der Waals surface area contributed by atoms with Gasteiger partial charge in [-0.25, -0.2) is 4.79 Å². The van der Waals surface area contributed by atoms with Gasteiger partial charge in [0.2, 0.25) is 0 Å². The second kappa shape index (κ2) is 22.9. The van der Waals surface area contributed by atoms with E-state index in [1.54, 1.807) is 0 Å². The Morgan fingerprint density at radius 3 is 1.51 bits per heavy atom. The van der Waals surface area contributed by atoms with Gasteiger partial charge in [0.1, 0.15) is 6.61 Å². The first kappa shape index (κ1) is 35.0. The van der Waals surface area contributed by atoms with Gasteiger partial charge in [-0.1, -0.05) is 74.7 Å². The molecule has 0 heterocycles. The van der Waals surface area contributed by atoms with Crippen molar-refractivity contribution in [1.29, 1.82) is 0 Å². The van der Waals surface area contributed by atoms with E-state index in [1.165, 1.54) is 41.5 Å². The average Bonchev–Trinajstić information content (AvgIpc) is 3.35. The molecule has 1 aliphatic rings. The number of unbranched alkanes of at least 4 members (excludes halogenated alkanes) is 3. The molecule has 9 nitrogen and oxygen atoms in total. The van der Waals surface area contributed by atoms with Crippen LogP contribution in [0.25, 0.3) is 11.1 Å². The van der Waals surface area contributed by atoms with Crippen LogP contribution in [-0.2, 0) is 33.2 Å². The molecule has 0 saturated heterocycles. The Balaban J connectivity index is 1.03. The van der Waals surface area contributed by atoms with Crippen molar-refractivity contribution in [2.24, 2.45) is 0 Å².